The molecule has 8 heteroatoms. The van der Waals surface area contributed by atoms with Crippen LogP contribution in [0.1, 0.15) is 24.8 Å². The Morgan fingerprint density at radius 2 is 2.10 bits per heavy atom. The van der Waals surface area contributed by atoms with E-state index < -0.39 is 11.7 Å². The normalized spacial score (nSPS) is 20.3. The van der Waals surface area contributed by atoms with Gasteiger partial charge in [0, 0.05) is 38.1 Å². The molecule has 1 aromatic heterocycles. The Labute approximate surface area is 181 Å². The van der Waals surface area contributed by atoms with E-state index in [1.165, 1.54) is 12.1 Å². The van der Waals surface area contributed by atoms with Crippen LogP contribution in [0.15, 0.2) is 43.0 Å². The smallest absolute Gasteiger partial charge is 0.127 e. The van der Waals surface area contributed by atoms with E-state index >= 15 is 0 Å². The van der Waals surface area contributed by atoms with Gasteiger partial charge in [-0.15, -0.1) is 0 Å². The molecule has 31 heavy (non-hydrogen) atoms. The van der Waals surface area contributed by atoms with Gasteiger partial charge in [0.1, 0.15) is 24.3 Å². The van der Waals surface area contributed by atoms with Gasteiger partial charge < -0.3 is 29.2 Å². The summed E-state index contributed by atoms with van der Waals surface area (Å²) in [6, 6.07) is 4.65. The lowest BCUT2D eigenvalue weighted by Crippen LogP contribution is -2.49. The number of imidazole rings is 1. The van der Waals surface area contributed by atoms with Gasteiger partial charge in [0.25, 0.3) is 0 Å². The molecule has 0 bridgehead atoms. The van der Waals surface area contributed by atoms with Gasteiger partial charge >= 0.3 is 0 Å². The highest BCUT2D eigenvalue weighted by Crippen LogP contribution is 2.27. The van der Waals surface area contributed by atoms with Crippen molar-refractivity contribution in [3.8, 4) is 5.75 Å². The third-order valence-electron chi connectivity index (χ3n) is 5.94. The molecule has 1 fully saturated rings. The van der Waals surface area contributed by atoms with Crippen LogP contribution in [-0.4, -0.2) is 75.8 Å². The number of aromatic nitrogens is 2. The van der Waals surface area contributed by atoms with Crippen LogP contribution in [0.2, 0.25) is 0 Å². The monoisotopic (exact) mass is 431 g/mol. The number of rotatable bonds is 8. The van der Waals surface area contributed by atoms with Crippen LogP contribution in [0.3, 0.4) is 0 Å². The van der Waals surface area contributed by atoms with Crippen LogP contribution in [0, 0.1) is 5.82 Å². The van der Waals surface area contributed by atoms with E-state index in [-0.39, 0.29) is 12.4 Å². The molecular formula is C23H30FN3O4. The molecule has 1 unspecified atom stereocenters. The number of halogens is 1. The quantitative estimate of drug-likeness (QED) is 0.666. The molecule has 2 aromatic rings. The number of nitrogens with zero attached hydrogens (tertiary/aromatic N) is 3. The lowest BCUT2D eigenvalue weighted by atomic mass is 9.91. The summed E-state index contributed by atoms with van der Waals surface area (Å²) in [6.45, 7) is 3.62. The van der Waals surface area contributed by atoms with Crippen molar-refractivity contribution in [2.45, 2.75) is 37.5 Å². The van der Waals surface area contributed by atoms with E-state index in [1.54, 1.807) is 12.5 Å². The summed E-state index contributed by atoms with van der Waals surface area (Å²) >= 11 is 0. The van der Waals surface area contributed by atoms with Gasteiger partial charge in [-0.05, 0) is 42.5 Å². The summed E-state index contributed by atoms with van der Waals surface area (Å²) in [5, 5.41) is 21.2. The number of piperidine rings is 1. The molecule has 2 N–H and O–H groups in total. The van der Waals surface area contributed by atoms with Crippen molar-refractivity contribution in [3.05, 3.63) is 54.4 Å². The first-order valence-corrected chi connectivity index (χ1v) is 10.8. The Bertz CT molecular complexity index is 879. The summed E-state index contributed by atoms with van der Waals surface area (Å²) in [6.07, 6.45) is 8.53. The lowest BCUT2D eigenvalue weighted by molar-refractivity contribution is -0.0438. The molecule has 7 nitrogen and oxygen atoms in total. The zero-order valence-corrected chi connectivity index (χ0v) is 17.6. The highest BCUT2D eigenvalue weighted by atomic mass is 19.1. The van der Waals surface area contributed by atoms with Gasteiger partial charge in [-0.25, -0.2) is 9.37 Å². The number of likely N-dealkylation sites (tertiary alicyclic amines) is 1. The van der Waals surface area contributed by atoms with E-state index in [9.17, 15) is 14.6 Å². The van der Waals surface area contributed by atoms with Crippen LogP contribution in [-0.2, 0) is 11.3 Å². The number of aliphatic hydroxyl groups is 2. The van der Waals surface area contributed by atoms with E-state index in [2.05, 4.69) is 9.88 Å². The Hall–Kier alpha value is -2.26. The maximum atomic E-state index is 14.0. The molecule has 0 saturated carbocycles. The Balaban J connectivity index is 1.25. The molecule has 4 rings (SSSR count). The Kier molecular flexibility index (Phi) is 7.02. The van der Waals surface area contributed by atoms with Crippen molar-refractivity contribution in [3.63, 3.8) is 0 Å². The van der Waals surface area contributed by atoms with Gasteiger partial charge in [-0.1, -0.05) is 6.08 Å². The number of hydrogen-bond acceptors (Lipinski definition) is 6. The first-order chi connectivity index (χ1) is 15.0. The molecule has 0 radical (unpaired) electrons. The van der Waals surface area contributed by atoms with Gasteiger partial charge in [0.15, 0.2) is 0 Å². The Morgan fingerprint density at radius 3 is 2.81 bits per heavy atom. The minimum absolute atomic E-state index is 0.0842. The molecule has 2 aliphatic heterocycles. The van der Waals surface area contributed by atoms with Crippen molar-refractivity contribution in [1.82, 2.24) is 14.5 Å². The van der Waals surface area contributed by atoms with Crippen molar-refractivity contribution in [2.24, 2.45) is 0 Å². The lowest BCUT2D eigenvalue weighted by Gasteiger charge is -2.39. The van der Waals surface area contributed by atoms with Crippen molar-refractivity contribution >= 4 is 5.57 Å². The second-order valence-electron chi connectivity index (χ2n) is 8.45. The maximum absolute atomic E-state index is 14.0. The molecule has 0 aliphatic carbocycles. The molecule has 1 aromatic carbocycles. The summed E-state index contributed by atoms with van der Waals surface area (Å²) in [5.41, 5.74) is 1.09. The van der Waals surface area contributed by atoms with Gasteiger partial charge in [0.2, 0.25) is 0 Å². The van der Waals surface area contributed by atoms with Gasteiger partial charge in [-0.3, -0.25) is 0 Å². The molecule has 1 saturated heterocycles. The summed E-state index contributed by atoms with van der Waals surface area (Å²) in [7, 11) is 0. The van der Waals surface area contributed by atoms with Crippen LogP contribution >= 0.6 is 0 Å². The van der Waals surface area contributed by atoms with Crippen LogP contribution in [0.4, 0.5) is 4.39 Å². The largest absolute Gasteiger partial charge is 0.491 e. The minimum Gasteiger partial charge on any atom is -0.491 e. The van der Waals surface area contributed by atoms with Crippen molar-refractivity contribution in [2.75, 3.05) is 39.5 Å². The highest BCUT2D eigenvalue weighted by molar-refractivity contribution is 5.67. The summed E-state index contributed by atoms with van der Waals surface area (Å²) < 4.78 is 27.0. The van der Waals surface area contributed by atoms with Gasteiger partial charge in [0.05, 0.1) is 31.7 Å². The van der Waals surface area contributed by atoms with E-state index in [0.29, 0.717) is 58.0 Å². The maximum Gasteiger partial charge on any atom is 0.127 e. The van der Waals surface area contributed by atoms with Crippen molar-refractivity contribution in [1.29, 1.82) is 0 Å². The number of aliphatic hydroxyl groups excluding tert-OH is 1. The van der Waals surface area contributed by atoms with Crippen LogP contribution in [0.25, 0.3) is 5.57 Å². The SMILES string of the molecule is OC(COc1cc(F)cc(C2=CCOCC2)c1)CN1CCC(O)(Cn2ccnc2)CC1. The number of β-amino-alcohol motifs (C(OH)–C–C–N with tert-alkyl or cyclic N) is 1. The first kappa shape index (κ1) is 22.0. The van der Waals surface area contributed by atoms with E-state index in [4.69, 9.17) is 9.47 Å². The fourth-order valence-corrected chi connectivity index (χ4v) is 4.19. The standard InChI is InChI=1S/C23H30FN3O4/c24-20-11-19(18-1-9-30-10-2-18)12-22(13-20)31-15-21(28)14-26-6-3-23(29,4-7-26)16-27-8-5-25-17-27/h1,5,8,11-13,17,21,28-29H,2-4,6-7,9-10,14-16H2. The first-order valence-electron chi connectivity index (χ1n) is 10.8. The van der Waals surface area contributed by atoms with Crippen LogP contribution < -0.4 is 4.74 Å². The minimum atomic E-state index is -0.755. The van der Waals surface area contributed by atoms with Crippen molar-refractivity contribution < 1.29 is 24.1 Å². The summed E-state index contributed by atoms with van der Waals surface area (Å²) in [5.74, 6) is 0.0531. The predicted molar refractivity (Wildman–Crippen MR) is 114 cm³/mol. The zero-order chi connectivity index (χ0) is 21.7. The molecule has 0 spiro atoms. The fourth-order valence-electron chi connectivity index (χ4n) is 4.19. The molecular weight excluding hydrogens is 401 g/mol. The fraction of sp³-hybridized carbons (Fsp3) is 0.522. The molecule has 168 valence electrons. The third kappa shape index (κ3) is 6.13. The average Bonchev–Trinajstić information content (AvgIpc) is 3.27. The molecule has 2 aliphatic rings. The zero-order valence-electron chi connectivity index (χ0n) is 17.6. The second kappa shape index (κ2) is 9.91. The van der Waals surface area contributed by atoms with E-state index in [0.717, 1.165) is 17.6 Å². The second-order valence-corrected chi connectivity index (χ2v) is 8.45. The van der Waals surface area contributed by atoms with Gasteiger partial charge in [-0.2, -0.15) is 0 Å². The average molecular weight is 432 g/mol. The Morgan fingerprint density at radius 1 is 1.26 bits per heavy atom. The highest BCUT2D eigenvalue weighted by Gasteiger charge is 2.33. The predicted octanol–water partition coefficient (Wildman–Crippen LogP) is 2.09. The molecule has 3 heterocycles. The summed E-state index contributed by atoms with van der Waals surface area (Å²) in [4.78, 5) is 6.14. The van der Waals surface area contributed by atoms with Crippen LogP contribution in [0.5, 0.6) is 5.75 Å². The molecule has 0 amide bonds. The van der Waals surface area contributed by atoms with E-state index in [1.807, 2.05) is 22.9 Å². The molecule has 1 atom stereocenters. The number of benzene rings is 1. The number of ether oxygens (including phenoxy) is 2. The third-order valence-corrected chi connectivity index (χ3v) is 5.94. The number of hydrogen-bond donors (Lipinski definition) is 2. The topological polar surface area (TPSA) is 80.0 Å².